The summed E-state index contributed by atoms with van der Waals surface area (Å²) in [4.78, 5) is 0. The lowest BCUT2D eigenvalue weighted by Gasteiger charge is -2.01. The van der Waals surface area contributed by atoms with Gasteiger partial charge in [-0.15, -0.1) is 0 Å². The average Bonchev–Trinajstić information content (AvgIpc) is 2.68. The highest BCUT2D eigenvalue weighted by Gasteiger charge is 2.31. The summed E-state index contributed by atoms with van der Waals surface area (Å²) in [6, 6.07) is 2.47. The minimum absolute atomic E-state index is 0.0400. The lowest BCUT2D eigenvalue weighted by atomic mass is 10.1. The fraction of sp³-hybridized carbons (Fsp3) is 0.250. The van der Waals surface area contributed by atoms with Crippen molar-refractivity contribution in [1.29, 1.82) is 0 Å². The Morgan fingerprint density at radius 1 is 1.33 bits per heavy atom. The molecule has 0 bridgehead atoms. The van der Waals surface area contributed by atoms with Gasteiger partial charge in [0.1, 0.15) is 17.7 Å². The summed E-state index contributed by atoms with van der Waals surface area (Å²) in [5.74, 6) is -1.10. The summed E-state index contributed by atoms with van der Waals surface area (Å²) in [6.45, 7) is 0.412. The minimum Gasteiger partial charge on any atom is -0.368 e. The highest BCUT2D eigenvalue weighted by Crippen LogP contribution is 2.34. The van der Waals surface area contributed by atoms with Gasteiger partial charge in [0.05, 0.1) is 12.2 Å². The maximum absolute atomic E-state index is 13.1. The molecule has 64 valence electrons. The first-order chi connectivity index (χ1) is 5.68. The zero-order valence-electron chi connectivity index (χ0n) is 5.98. The van der Waals surface area contributed by atoms with Gasteiger partial charge in [0.2, 0.25) is 0 Å². The summed E-state index contributed by atoms with van der Waals surface area (Å²) in [5, 5.41) is 0. The summed E-state index contributed by atoms with van der Waals surface area (Å²) >= 11 is 3.00. The molecule has 4 heteroatoms. The SMILES string of the molecule is Fc1cc(Br)cc(F)c1[C@H]1CO1. The molecule has 0 unspecified atom stereocenters. The Hall–Kier alpha value is -0.480. The Bertz CT molecular complexity index is 300. The fourth-order valence-corrected chi connectivity index (χ4v) is 1.48. The highest BCUT2D eigenvalue weighted by atomic mass is 79.9. The van der Waals surface area contributed by atoms with E-state index in [0.717, 1.165) is 0 Å². The van der Waals surface area contributed by atoms with Crippen LogP contribution in [-0.4, -0.2) is 6.61 Å². The molecule has 1 aromatic rings. The van der Waals surface area contributed by atoms with Crippen molar-refractivity contribution >= 4 is 15.9 Å². The van der Waals surface area contributed by atoms with Crippen molar-refractivity contribution in [3.8, 4) is 0 Å². The molecule has 0 aliphatic carbocycles. The fourth-order valence-electron chi connectivity index (χ4n) is 1.08. The van der Waals surface area contributed by atoms with Gasteiger partial charge in [-0.3, -0.25) is 0 Å². The molecule has 0 saturated carbocycles. The van der Waals surface area contributed by atoms with Crippen LogP contribution in [0.1, 0.15) is 11.7 Å². The summed E-state index contributed by atoms with van der Waals surface area (Å²) in [7, 11) is 0. The Morgan fingerprint density at radius 3 is 2.25 bits per heavy atom. The van der Waals surface area contributed by atoms with Crippen molar-refractivity contribution < 1.29 is 13.5 Å². The molecule has 2 rings (SSSR count). The van der Waals surface area contributed by atoms with E-state index in [-0.39, 0.29) is 11.7 Å². The van der Waals surface area contributed by atoms with Crippen LogP contribution in [0.3, 0.4) is 0 Å². The number of ether oxygens (including phenoxy) is 1. The van der Waals surface area contributed by atoms with Gasteiger partial charge in [0.15, 0.2) is 0 Å². The molecule has 1 nitrogen and oxygen atoms in total. The molecule has 1 atom stereocenters. The largest absolute Gasteiger partial charge is 0.368 e. The van der Waals surface area contributed by atoms with Crippen LogP contribution >= 0.6 is 15.9 Å². The molecule has 0 radical (unpaired) electrons. The first-order valence-corrected chi connectivity index (χ1v) is 4.24. The molecule has 1 aliphatic heterocycles. The van der Waals surface area contributed by atoms with Gasteiger partial charge in [-0.1, -0.05) is 15.9 Å². The van der Waals surface area contributed by atoms with Gasteiger partial charge < -0.3 is 4.74 Å². The van der Waals surface area contributed by atoms with Crippen LogP contribution in [0, 0.1) is 11.6 Å². The summed E-state index contributed by atoms with van der Waals surface area (Å²) < 4.78 is 31.3. The first kappa shape index (κ1) is 8.13. The van der Waals surface area contributed by atoms with Gasteiger partial charge >= 0.3 is 0 Å². The van der Waals surface area contributed by atoms with E-state index in [2.05, 4.69) is 15.9 Å². The molecule has 12 heavy (non-hydrogen) atoms. The number of halogens is 3. The summed E-state index contributed by atoms with van der Waals surface area (Å²) in [5.41, 5.74) is 0.0400. The third-order valence-electron chi connectivity index (χ3n) is 1.70. The average molecular weight is 235 g/mol. The minimum atomic E-state index is -0.552. The smallest absolute Gasteiger partial charge is 0.133 e. The maximum Gasteiger partial charge on any atom is 0.133 e. The first-order valence-electron chi connectivity index (χ1n) is 3.44. The molecule has 1 fully saturated rings. The van der Waals surface area contributed by atoms with Crippen LogP contribution in [0.25, 0.3) is 0 Å². The number of rotatable bonds is 1. The zero-order chi connectivity index (χ0) is 8.72. The number of hydrogen-bond acceptors (Lipinski definition) is 1. The number of epoxide rings is 1. The monoisotopic (exact) mass is 234 g/mol. The molecular formula is C8H5BrF2O. The molecule has 0 amide bonds. The van der Waals surface area contributed by atoms with E-state index in [1.54, 1.807) is 0 Å². The second kappa shape index (κ2) is 2.78. The lowest BCUT2D eigenvalue weighted by molar-refractivity contribution is 0.397. The molecule has 1 heterocycles. The van der Waals surface area contributed by atoms with E-state index in [1.807, 2.05) is 0 Å². The zero-order valence-corrected chi connectivity index (χ0v) is 7.57. The van der Waals surface area contributed by atoms with Crippen molar-refractivity contribution in [3.63, 3.8) is 0 Å². The topological polar surface area (TPSA) is 12.5 Å². The standard InChI is InChI=1S/C8H5BrF2O/c9-4-1-5(10)8(6(11)2-4)7-3-12-7/h1-2,7H,3H2/t7-/m1/s1. The third-order valence-corrected chi connectivity index (χ3v) is 2.16. The molecule has 0 aromatic heterocycles. The molecular weight excluding hydrogens is 230 g/mol. The van der Waals surface area contributed by atoms with E-state index in [0.29, 0.717) is 11.1 Å². The Balaban J connectivity index is 2.51. The second-order valence-corrected chi connectivity index (χ2v) is 3.52. The van der Waals surface area contributed by atoms with Gasteiger partial charge in [-0.25, -0.2) is 8.78 Å². The normalized spacial score (nSPS) is 21.1. The van der Waals surface area contributed by atoms with E-state index in [9.17, 15) is 8.78 Å². The van der Waals surface area contributed by atoms with Crippen LogP contribution in [0.2, 0.25) is 0 Å². The van der Waals surface area contributed by atoms with Crippen molar-refractivity contribution in [2.75, 3.05) is 6.61 Å². The maximum atomic E-state index is 13.1. The Morgan fingerprint density at radius 2 is 1.83 bits per heavy atom. The second-order valence-electron chi connectivity index (χ2n) is 2.61. The number of hydrogen-bond donors (Lipinski definition) is 0. The van der Waals surface area contributed by atoms with Crippen molar-refractivity contribution in [3.05, 3.63) is 33.8 Å². The predicted octanol–water partition coefficient (Wildman–Crippen LogP) is 2.80. The van der Waals surface area contributed by atoms with Crippen molar-refractivity contribution in [2.45, 2.75) is 6.10 Å². The van der Waals surface area contributed by atoms with Crippen LogP contribution in [0.5, 0.6) is 0 Å². The molecule has 0 spiro atoms. The lowest BCUT2D eigenvalue weighted by Crippen LogP contribution is -1.93. The van der Waals surface area contributed by atoms with E-state index >= 15 is 0 Å². The number of benzene rings is 1. The van der Waals surface area contributed by atoms with Crippen molar-refractivity contribution in [2.24, 2.45) is 0 Å². The van der Waals surface area contributed by atoms with Crippen LogP contribution in [-0.2, 0) is 4.74 Å². The van der Waals surface area contributed by atoms with Gasteiger partial charge in [0.25, 0.3) is 0 Å². The van der Waals surface area contributed by atoms with E-state index < -0.39 is 11.6 Å². The molecule has 1 saturated heterocycles. The third kappa shape index (κ3) is 1.36. The van der Waals surface area contributed by atoms with E-state index in [4.69, 9.17) is 4.74 Å². The Kier molecular flexibility index (Phi) is 1.88. The molecule has 1 aliphatic rings. The highest BCUT2D eigenvalue weighted by molar-refractivity contribution is 9.10. The van der Waals surface area contributed by atoms with Gasteiger partial charge in [0, 0.05) is 4.47 Å². The predicted molar refractivity (Wildman–Crippen MR) is 42.8 cm³/mol. The van der Waals surface area contributed by atoms with Crippen LogP contribution in [0.15, 0.2) is 16.6 Å². The molecule has 0 N–H and O–H groups in total. The molecule has 1 aromatic carbocycles. The van der Waals surface area contributed by atoms with Crippen molar-refractivity contribution in [1.82, 2.24) is 0 Å². The van der Waals surface area contributed by atoms with Gasteiger partial charge in [-0.05, 0) is 12.1 Å². The Labute approximate surface area is 76.5 Å². The van der Waals surface area contributed by atoms with E-state index in [1.165, 1.54) is 12.1 Å². The summed E-state index contributed by atoms with van der Waals surface area (Å²) in [6.07, 6.45) is -0.377. The van der Waals surface area contributed by atoms with Crippen LogP contribution < -0.4 is 0 Å². The van der Waals surface area contributed by atoms with Crippen LogP contribution in [0.4, 0.5) is 8.78 Å². The van der Waals surface area contributed by atoms with Gasteiger partial charge in [-0.2, -0.15) is 0 Å². The quantitative estimate of drug-likeness (QED) is 0.682.